The molecule has 2 aromatic heterocycles. The van der Waals surface area contributed by atoms with Crippen LogP contribution in [0.4, 0.5) is 0 Å². The molecule has 2 aromatic carbocycles. The Morgan fingerprint density at radius 2 is 1.76 bits per heavy atom. The van der Waals surface area contributed by atoms with Gasteiger partial charge in [-0.15, -0.1) is 11.3 Å². The van der Waals surface area contributed by atoms with Gasteiger partial charge in [0.1, 0.15) is 4.83 Å². The molecule has 168 valence electrons. The van der Waals surface area contributed by atoms with E-state index in [1.165, 1.54) is 27.8 Å². The molecule has 1 aliphatic rings. The van der Waals surface area contributed by atoms with E-state index in [1.807, 2.05) is 48.5 Å². The van der Waals surface area contributed by atoms with Gasteiger partial charge in [-0.25, -0.2) is 4.98 Å². The highest BCUT2D eigenvalue weighted by atomic mass is 32.2. The molecule has 0 bridgehead atoms. The van der Waals surface area contributed by atoms with Gasteiger partial charge < -0.3 is 5.32 Å². The maximum atomic E-state index is 13.7. The number of carbonyl (C=O) groups excluding carboxylic acids is 1. The highest BCUT2D eigenvalue weighted by Gasteiger charge is 2.23. The summed E-state index contributed by atoms with van der Waals surface area (Å²) in [5.74, 6) is 0.153. The van der Waals surface area contributed by atoms with Crippen molar-refractivity contribution in [1.29, 1.82) is 0 Å². The number of amides is 1. The number of carbonyl (C=O) groups is 1. The molecule has 0 spiro atoms. The molecule has 0 saturated heterocycles. The van der Waals surface area contributed by atoms with Crippen LogP contribution in [0.1, 0.15) is 28.8 Å². The molecule has 1 N–H and O–H groups in total. The molecule has 0 fully saturated rings. The molecule has 2 heterocycles. The predicted molar refractivity (Wildman–Crippen MR) is 136 cm³/mol. The normalized spacial score (nSPS) is 13.1. The first-order valence-electron chi connectivity index (χ1n) is 11.3. The van der Waals surface area contributed by atoms with Crippen molar-refractivity contribution < 1.29 is 4.79 Å². The minimum Gasteiger partial charge on any atom is -0.355 e. The van der Waals surface area contributed by atoms with E-state index in [9.17, 15) is 9.59 Å². The number of nitrogens with zero attached hydrogens (tertiary/aromatic N) is 2. The van der Waals surface area contributed by atoms with E-state index in [0.29, 0.717) is 11.7 Å². The van der Waals surface area contributed by atoms with Gasteiger partial charge in [0.15, 0.2) is 5.16 Å². The Kier molecular flexibility index (Phi) is 6.60. The highest BCUT2D eigenvalue weighted by molar-refractivity contribution is 7.99. The Hall–Kier alpha value is -2.90. The second kappa shape index (κ2) is 9.93. The summed E-state index contributed by atoms with van der Waals surface area (Å²) in [4.78, 5) is 33.2. The molecule has 0 aliphatic heterocycles. The van der Waals surface area contributed by atoms with E-state index in [2.05, 4.69) is 17.4 Å². The molecule has 0 saturated carbocycles. The lowest BCUT2D eigenvalue weighted by Crippen LogP contribution is -2.28. The van der Waals surface area contributed by atoms with Crippen LogP contribution in [0.2, 0.25) is 0 Å². The number of para-hydroxylation sites is 1. The molecule has 0 unspecified atom stereocenters. The van der Waals surface area contributed by atoms with Crippen LogP contribution in [0.25, 0.3) is 15.9 Å². The first-order valence-corrected chi connectivity index (χ1v) is 13.1. The Balaban J connectivity index is 1.39. The summed E-state index contributed by atoms with van der Waals surface area (Å²) in [5.41, 5.74) is 3.12. The van der Waals surface area contributed by atoms with Crippen LogP contribution in [0.3, 0.4) is 0 Å². The van der Waals surface area contributed by atoms with Crippen LogP contribution in [0.15, 0.2) is 70.6 Å². The number of rotatable bonds is 7. The molecule has 0 atom stereocenters. The van der Waals surface area contributed by atoms with E-state index in [-0.39, 0.29) is 17.2 Å². The summed E-state index contributed by atoms with van der Waals surface area (Å²) in [6, 6.07) is 19.7. The Morgan fingerprint density at radius 1 is 1.03 bits per heavy atom. The second-order valence-corrected chi connectivity index (χ2v) is 10.2. The van der Waals surface area contributed by atoms with E-state index in [0.717, 1.165) is 48.0 Å². The van der Waals surface area contributed by atoms with Gasteiger partial charge in [0, 0.05) is 11.4 Å². The maximum absolute atomic E-state index is 13.7. The average molecular weight is 476 g/mol. The van der Waals surface area contributed by atoms with Crippen molar-refractivity contribution in [1.82, 2.24) is 14.9 Å². The molecule has 33 heavy (non-hydrogen) atoms. The lowest BCUT2D eigenvalue weighted by atomic mass is 9.97. The molecular weight excluding hydrogens is 450 g/mol. The van der Waals surface area contributed by atoms with Gasteiger partial charge in [0.2, 0.25) is 5.91 Å². The van der Waals surface area contributed by atoms with Crippen LogP contribution in [-0.4, -0.2) is 27.8 Å². The third kappa shape index (κ3) is 4.75. The number of hydrogen-bond donors (Lipinski definition) is 1. The molecule has 5 rings (SSSR count). The van der Waals surface area contributed by atoms with Crippen LogP contribution in [-0.2, 0) is 24.1 Å². The lowest BCUT2D eigenvalue weighted by molar-refractivity contribution is -0.118. The fourth-order valence-corrected chi connectivity index (χ4v) is 6.41. The molecule has 7 heteroatoms. The molecular formula is C26H25N3O2S2. The van der Waals surface area contributed by atoms with Gasteiger partial charge in [-0.1, -0.05) is 60.3 Å². The van der Waals surface area contributed by atoms with Gasteiger partial charge >= 0.3 is 0 Å². The van der Waals surface area contributed by atoms with Crippen molar-refractivity contribution in [3.8, 4) is 5.69 Å². The van der Waals surface area contributed by atoms with E-state index in [1.54, 1.807) is 15.9 Å². The minimum absolute atomic E-state index is 0.0300. The van der Waals surface area contributed by atoms with Crippen molar-refractivity contribution in [2.24, 2.45) is 0 Å². The summed E-state index contributed by atoms with van der Waals surface area (Å²) < 4.78 is 1.67. The quantitative estimate of drug-likeness (QED) is 0.309. The second-order valence-electron chi connectivity index (χ2n) is 8.14. The van der Waals surface area contributed by atoms with Crippen LogP contribution in [0, 0.1) is 0 Å². The Labute approximate surface area is 200 Å². The smallest absolute Gasteiger partial charge is 0.267 e. The predicted octanol–water partition coefficient (Wildman–Crippen LogP) is 4.78. The van der Waals surface area contributed by atoms with Crippen LogP contribution < -0.4 is 10.9 Å². The molecule has 4 aromatic rings. The summed E-state index contributed by atoms with van der Waals surface area (Å²) in [7, 11) is 0. The summed E-state index contributed by atoms with van der Waals surface area (Å²) in [6.07, 6.45) is 5.03. The highest BCUT2D eigenvalue weighted by Crippen LogP contribution is 2.35. The number of nitrogens with one attached hydrogen (secondary N) is 1. The molecule has 5 nitrogen and oxygen atoms in total. The van der Waals surface area contributed by atoms with E-state index in [4.69, 9.17) is 4.98 Å². The number of thioether (sulfide) groups is 1. The zero-order valence-corrected chi connectivity index (χ0v) is 19.9. The summed E-state index contributed by atoms with van der Waals surface area (Å²) in [5, 5.41) is 4.30. The zero-order valence-electron chi connectivity index (χ0n) is 18.3. The third-order valence-electron chi connectivity index (χ3n) is 5.88. The van der Waals surface area contributed by atoms with Gasteiger partial charge in [-0.3, -0.25) is 14.2 Å². The number of fused-ring (bicyclic) bond motifs is 3. The topological polar surface area (TPSA) is 64.0 Å². The fraction of sp³-hybridized carbons (Fsp3) is 0.269. The first-order chi connectivity index (χ1) is 16.2. The SMILES string of the molecule is O=C(CSc1nc2sc3c(c2c(=O)n1-c1ccccc1)CCCC3)NCCc1ccccc1. The summed E-state index contributed by atoms with van der Waals surface area (Å²) >= 11 is 2.96. The minimum atomic E-state index is -0.0598. The van der Waals surface area contributed by atoms with Gasteiger partial charge in [-0.2, -0.15) is 0 Å². The first kappa shape index (κ1) is 21.9. The van der Waals surface area contributed by atoms with E-state index < -0.39 is 0 Å². The van der Waals surface area contributed by atoms with Gasteiger partial charge in [0.25, 0.3) is 5.56 Å². The number of thiophene rings is 1. The largest absolute Gasteiger partial charge is 0.355 e. The van der Waals surface area contributed by atoms with Gasteiger partial charge in [0.05, 0.1) is 16.8 Å². The fourth-order valence-electron chi connectivity index (χ4n) is 4.26. The number of benzene rings is 2. The monoisotopic (exact) mass is 475 g/mol. The van der Waals surface area contributed by atoms with Crippen molar-refractivity contribution in [2.75, 3.05) is 12.3 Å². The molecule has 1 amide bonds. The van der Waals surface area contributed by atoms with Crippen LogP contribution in [0.5, 0.6) is 0 Å². The van der Waals surface area contributed by atoms with Crippen molar-refractivity contribution in [3.05, 3.63) is 87.0 Å². The Bertz CT molecular complexity index is 1330. The third-order valence-corrected chi connectivity index (χ3v) is 8.01. The van der Waals surface area contributed by atoms with Crippen molar-refractivity contribution >= 4 is 39.2 Å². The van der Waals surface area contributed by atoms with Crippen molar-refractivity contribution in [3.63, 3.8) is 0 Å². The maximum Gasteiger partial charge on any atom is 0.267 e. The van der Waals surface area contributed by atoms with E-state index >= 15 is 0 Å². The molecule has 1 aliphatic carbocycles. The lowest BCUT2D eigenvalue weighted by Gasteiger charge is -2.13. The zero-order chi connectivity index (χ0) is 22.6. The molecule has 0 radical (unpaired) electrons. The van der Waals surface area contributed by atoms with Gasteiger partial charge in [-0.05, 0) is 55.4 Å². The number of hydrogen-bond acceptors (Lipinski definition) is 5. The Morgan fingerprint density at radius 3 is 2.55 bits per heavy atom. The number of aromatic nitrogens is 2. The van der Waals surface area contributed by atoms with Crippen LogP contribution >= 0.6 is 23.1 Å². The van der Waals surface area contributed by atoms with Crippen molar-refractivity contribution in [2.45, 2.75) is 37.3 Å². The number of aryl methyl sites for hydroxylation is 2. The summed E-state index contributed by atoms with van der Waals surface area (Å²) in [6.45, 7) is 0.582. The average Bonchev–Trinajstić information content (AvgIpc) is 3.23. The standard InChI is InChI=1S/C26H25N3O2S2/c30-22(27-16-15-18-9-3-1-4-10-18)17-32-26-28-24-23(20-13-7-8-14-21(20)33-24)25(31)29(26)19-11-5-2-6-12-19/h1-6,9-12H,7-8,13-17H2,(H,27,30).